The van der Waals surface area contributed by atoms with E-state index in [0.29, 0.717) is 5.71 Å². The SMILES string of the molecule is Cc1ccc(S(=O)(=O)/N=C(\c2ccccc2)[C@@H]2[C@@H]([Si](C)(C)c3ccccc3)C[C@@](C)(c3ccccc3)C[C@]2(C)c2ccccc2)cc1. The molecule has 5 aromatic carbocycles. The lowest BCUT2D eigenvalue weighted by Crippen LogP contribution is -2.60. The summed E-state index contributed by atoms with van der Waals surface area (Å²) in [5.41, 5.74) is 4.64. The van der Waals surface area contributed by atoms with Crippen LogP contribution in [0.2, 0.25) is 18.6 Å². The first-order valence-electron chi connectivity index (χ1n) is 16.6. The molecule has 1 saturated carbocycles. The monoisotopic (exact) mass is 655 g/mol. The highest BCUT2D eigenvalue weighted by atomic mass is 32.2. The van der Waals surface area contributed by atoms with Crippen molar-refractivity contribution in [1.29, 1.82) is 0 Å². The van der Waals surface area contributed by atoms with Crippen LogP contribution in [0.1, 0.15) is 48.9 Å². The maximum atomic E-state index is 14.3. The van der Waals surface area contributed by atoms with E-state index in [0.717, 1.165) is 24.0 Å². The van der Waals surface area contributed by atoms with Gasteiger partial charge >= 0.3 is 0 Å². The molecule has 1 aliphatic rings. The van der Waals surface area contributed by atoms with Gasteiger partial charge in [-0.1, -0.05) is 171 Å². The molecule has 5 aromatic rings. The van der Waals surface area contributed by atoms with E-state index in [1.165, 1.54) is 16.3 Å². The number of nitrogens with zero attached hydrogens (tertiary/aromatic N) is 1. The van der Waals surface area contributed by atoms with Crippen molar-refractivity contribution in [2.24, 2.45) is 10.3 Å². The summed E-state index contributed by atoms with van der Waals surface area (Å²) in [4.78, 5) is 0.221. The van der Waals surface area contributed by atoms with Crippen LogP contribution in [0.5, 0.6) is 0 Å². The van der Waals surface area contributed by atoms with Crippen LogP contribution in [0.15, 0.2) is 155 Å². The Morgan fingerprint density at radius 1 is 0.681 bits per heavy atom. The maximum absolute atomic E-state index is 14.3. The van der Waals surface area contributed by atoms with Crippen molar-refractivity contribution in [3.8, 4) is 0 Å². The lowest BCUT2D eigenvalue weighted by molar-refractivity contribution is 0.172. The van der Waals surface area contributed by atoms with Crippen LogP contribution in [0, 0.1) is 12.8 Å². The Morgan fingerprint density at radius 2 is 1.17 bits per heavy atom. The zero-order valence-electron chi connectivity index (χ0n) is 28.1. The van der Waals surface area contributed by atoms with Gasteiger partial charge in [0.05, 0.1) is 18.7 Å². The summed E-state index contributed by atoms with van der Waals surface area (Å²) in [6.07, 6.45) is 1.78. The molecule has 1 aliphatic carbocycles. The van der Waals surface area contributed by atoms with E-state index in [4.69, 9.17) is 4.40 Å². The molecule has 47 heavy (non-hydrogen) atoms. The molecular formula is C42H45NO2SSi. The second-order valence-electron chi connectivity index (χ2n) is 14.4. The standard InChI is InChI=1S/C42H45NO2SSi/c1-32-26-28-36(29-27-32)46(44,45)43-40(33-18-10-6-11-19-33)39-38(47(4,5)37-24-16-9-17-25-37)30-41(2,34-20-12-7-13-21-34)31-42(39,3)35-22-14-8-15-23-35/h6-29,38-39H,30-31H2,1-5H3/b43-40+/t38-,39-,41+,42+/m0/s1. The Morgan fingerprint density at radius 3 is 1.72 bits per heavy atom. The van der Waals surface area contributed by atoms with Crippen LogP contribution in [-0.2, 0) is 20.9 Å². The Kier molecular flexibility index (Phi) is 8.99. The minimum atomic E-state index is -4.02. The first-order valence-corrected chi connectivity index (χ1v) is 21.1. The summed E-state index contributed by atoms with van der Waals surface area (Å²) in [5, 5.41) is 1.37. The second-order valence-corrected chi connectivity index (χ2v) is 20.8. The van der Waals surface area contributed by atoms with E-state index in [9.17, 15) is 8.42 Å². The summed E-state index contributed by atoms with van der Waals surface area (Å²) >= 11 is 0. The summed E-state index contributed by atoms with van der Waals surface area (Å²) in [7, 11) is -6.34. The lowest BCUT2D eigenvalue weighted by Gasteiger charge is -2.57. The molecule has 0 amide bonds. The van der Waals surface area contributed by atoms with Gasteiger partial charge in [-0.2, -0.15) is 12.8 Å². The highest BCUT2D eigenvalue weighted by Gasteiger charge is 2.58. The normalized spacial score (nSPS) is 23.7. The summed E-state index contributed by atoms with van der Waals surface area (Å²) in [5.74, 6) is -0.175. The molecule has 6 rings (SSSR count). The van der Waals surface area contributed by atoms with E-state index in [2.05, 4.69) is 118 Å². The lowest BCUT2D eigenvalue weighted by atomic mass is 9.53. The van der Waals surface area contributed by atoms with Crippen LogP contribution in [0.4, 0.5) is 0 Å². The highest BCUT2D eigenvalue weighted by molar-refractivity contribution is 7.90. The van der Waals surface area contributed by atoms with Crippen LogP contribution in [0.3, 0.4) is 0 Å². The molecule has 0 aromatic heterocycles. The molecule has 3 nitrogen and oxygen atoms in total. The van der Waals surface area contributed by atoms with Gasteiger partial charge in [0, 0.05) is 11.3 Å². The van der Waals surface area contributed by atoms with E-state index in [1.807, 2.05) is 49.4 Å². The largest absolute Gasteiger partial charge is 0.282 e. The number of hydrogen-bond acceptors (Lipinski definition) is 2. The zero-order chi connectivity index (χ0) is 33.3. The number of benzene rings is 5. The van der Waals surface area contributed by atoms with Gasteiger partial charge in [0.1, 0.15) is 0 Å². The second kappa shape index (κ2) is 12.9. The van der Waals surface area contributed by atoms with Crippen LogP contribution in [0.25, 0.3) is 0 Å². The maximum Gasteiger partial charge on any atom is 0.282 e. The topological polar surface area (TPSA) is 46.5 Å². The average molecular weight is 656 g/mol. The molecule has 0 saturated heterocycles. The van der Waals surface area contributed by atoms with Gasteiger partial charge < -0.3 is 0 Å². The Labute approximate surface area is 282 Å². The first-order chi connectivity index (χ1) is 22.4. The minimum absolute atomic E-state index is 0.149. The van der Waals surface area contributed by atoms with Crippen molar-refractivity contribution >= 4 is 29.0 Å². The fraction of sp³-hybridized carbons (Fsp3) is 0.262. The van der Waals surface area contributed by atoms with Crippen molar-refractivity contribution in [1.82, 2.24) is 0 Å². The third-order valence-electron chi connectivity index (χ3n) is 10.8. The molecule has 4 atom stereocenters. The van der Waals surface area contributed by atoms with E-state index < -0.39 is 23.5 Å². The van der Waals surface area contributed by atoms with Crippen LogP contribution in [-0.4, -0.2) is 22.2 Å². The van der Waals surface area contributed by atoms with Crippen LogP contribution < -0.4 is 5.19 Å². The average Bonchev–Trinajstić information content (AvgIpc) is 3.09. The third-order valence-corrected chi connectivity index (χ3v) is 16.3. The highest BCUT2D eigenvalue weighted by Crippen LogP contribution is 2.60. The number of rotatable bonds is 8. The predicted octanol–water partition coefficient (Wildman–Crippen LogP) is 9.48. The van der Waals surface area contributed by atoms with Gasteiger partial charge in [-0.15, -0.1) is 0 Å². The molecule has 0 bridgehead atoms. The number of aryl methyl sites for hydroxylation is 1. The first kappa shape index (κ1) is 32.9. The van der Waals surface area contributed by atoms with Crippen molar-refractivity contribution in [2.75, 3.05) is 0 Å². The molecule has 0 aliphatic heterocycles. The van der Waals surface area contributed by atoms with Gasteiger partial charge in [-0.25, -0.2) is 0 Å². The third kappa shape index (κ3) is 6.44. The molecule has 0 radical (unpaired) electrons. The smallest absolute Gasteiger partial charge is 0.199 e. The molecular weight excluding hydrogens is 611 g/mol. The zero-order valence-corrected chi connectivity index (χ0v) is 29.9. The molecule has 0 spiro atoms. The summed E-state index contributed by atoms with van der Waals surface area (Å²) < 4.78 is 33.5. The van der Waals surface area contributed by atoms with E-state index in [-0.39, 0.29) is 21.8 Å². The van der Waals surface area contributed by atoms with Gasteiger partial charge in [-0.3, -0.25) is 0 Å². The van der Waals surface area contributed by atoms with Crippen molar-refractivity contribution in [2.45, 2.75) is 68.0 Å². The van der Waals surface area contributed by atoms with Gasteiger partial charge in [0.15, 0.2) is 0 Å². The molecule has 0 N–H and O–H groups in total. The van der Waals surface area contributed by atoms with Gasteiger partial charge in [0.2, 0.25) is 0 Å². The number of hydrogen-bond donors (Lipinski definition) is 0. The quantitative estimate of drug-likeness (QED) is 0.124. The van der Waals surface area contributed by atoms with E-state index in [1.54, 1.807) is 12.1 Å². The molecule has 0 unspecified atom stereocenters. The van der Waals surface area contributed by atoms with Crippen molar-refractivity contribution in [3.63, 3.8) is 0 Å². The van der Waals surface area contributed by atoms with E-state index >= 15 is 0 Å². The predicted molar refractivity (Wildman–Crippen MR) is 199 cm³/mol. The van der Waals surface area contributed by atoms with Crippen molar-refractivity contribution < 1.29 is 8.42 Å². The Hall–Kier alpha value is -4.06. The van der Waals surface area contributed by atoms with Gasteiger partial charge in [-0.05, 0) is 59.5 Å². The molecule has 1 fully saturated rings. The fourth-order valence-electron chi connectivity index (χ4n) is 8.24. The fourth-order valence-corrected chi connectivity index (χ4v) is 13.1. The summed E-state index contributed by atoms with van der Waals surface area (Å²) in [6.45, 7) is 11.7. The van der Waals surface area contributed by atoms with Gasteiger partial charge in [0.25, 0.3) is 10.0 Å². The molecule has 5 heteroatoms. The Balaban J connectivity index is 1.68. The molecule has 0 heterocycles. The summed E-state index contributed by atoms with van der Waals surface area (Å²) in [6, 6.07) is 49.7. The minimum Gasteiger partial charge on any atom is -0.199 e. The van der Waals surface area contributed by atoms with Crippen LogP contribution >= 0.6 is 0 Å². The number of sulfonamides is 1. The Bertz CT molecular complexity index is 1940. The van der Waals surface area contributed by atoms with Crippen molar-refractivity contribution in [3.05, 3.63) is 168 Å². The molecule has 240 valence electrons.